The second kappa shape index (κ2) is 8.08. The van der Waals surface area contributed by atoms with Gasteiger partial charge in [-0.2, -0.15) is 0 Å². The van der Waals surface area contributed by atoms with Crippen LogP contribution in [0.2, 0.25) is 0 Å². The molecule has 0 radical (unpaired) electrons. The summed E-state index contributed by atoms with van der Waals surface area (Å²) in [6, 6.07) is 6.74. The second-order valence-electron chi connectivity index (χ2n) is 11.5. The normalized spacial score (nSPS) is 41.3. The Hall–Kier alpha value is -2.35. The molecule has 0 bridgehead atoms. The Kier molecular flexibility index (Phi) is 4.15. The molecule has 0 spiro atoms. The topological polar surface area (TPSA) is 60.8 Å². The smallest absolute Gasteiger partial charge is 0.156 e. The fourth-order valence-electron chi connectivity index (χ4n) is 8.07. The molecule has 5 atom stereocenters. The van der Waals surface area contributed by atoms with Gasteiger partial charge in [-0.05, 0) is 84.3 Å². The van der Waals surface area contributed by atoms with Crippen LogP contribution in [0, 0.1) is 28.1 Å². The molecule has 2 N–H and O–H groups in total. The van der Waals surface area contributed by atoms with Crippen molar-refractivity contribution >= 4 is 11.5 Å². The van der Waals surface area contributed by atoms with E-state index in [-0.39, 0.29) is 34.8 Å². The molecule has 0 unspecified atom stereocenters. The van der Waals surface area contributed by atoms with Gasteiger partial charge in [0.05, 0.1) is 0 Å². The highest BCUT2D eigenvalue weighted by atomic mass is 16.3. The average molecular weight is 480 g/mol. The number of carbonyl (C=O) groups excluding carboxylic acids is 1. The van der Waals surface area contributed by atoms with E-state index in [2.05, 4.69) is 32.6 Å². The van der Waals surface area contributed by atoms with Crippen molar-refractivity contribution in [3.05, 3.63) is 52.6 Å². The summed E-state index contributed by atoms with van der Waals surface area (Å²) >= 11 is 0. The Morgan fingerprint density at radius 1 is 1.06 bits per heavy atom. The Balaban J connectivity index is 1.71. The third kappa shape index (κ3) is 3.24. The van der Waals surface area contributed by atoms with Crippen LogP contribution in [0.5, 0.6) is 0 Å². The van der Waals surface area contributed by atoms with Gasteiger partial charge in [0.2, 0.25) is 0 Å². The molecule has 4 heteroatoms. The van der Waals surface area contributed by atoms with Crippen LogP contribution < -0.4 is 4.90 Å². The number of nitrogens with zero attached hydrogens (tertiary/aromatic N) is 1. The number of fused-ring (bicyclic) bond motifs is 4. The Bertz CT molecular complexity index is 1370. The third-order valence-corrected chi connectivity index (χ3v) is 10.4. The number of benzene rings is 1. The minimum absolute atomic E-state index is 0.0831. The first kappa shape index (κ1) is 18.0. The van der Waals surface area contributed by atoms with Gasteiger partial charge in [-0.15, -0.1) is 0 Å². The van der Waals surface area contributed by atoms with Crippen molar-refractivity contribution < 1.29 is 23.2 Å². The Morgan fingerprint density at radius 3 is 2.49 bits per heavy atom. The molecule has 0 aliphatic heterocycles. The molecule has 2 saturated carbocycles. The first-order chi connectivity index (χ1) is 18.9. The van der Waals surface area contributed by atoms with Gasteiger partial charge in [0.1, 0.15) is 12.2 Å². The molecule has 0 amide bonds. The van der Waals surface area contributed by atoms with Gasteiger partial charge in [-0.25, -0.2) is 0 Å². The molecule has 1 aromatic rings. The maximum atomic E-state index is 12.4. The number of aliphatic hydroxyl groups excluding tert-OH is 1. The lowest BCUT2D eigenvalue weighted by Crippen LogP contribution is -2.60. The summed E-state index contributed by atoms with van der Waals surface area (Å²) in [4.78, 5) is 12.9. The monoisotopic (exact) mass is 479 g/mol. The van der Waals surface area contributed by atoms with Crippen LogP contribution in [0.25, 0.3) is 0 Å². The minimum atomic E-state index is -2.85. The zero-order chi connectivity index (χ0) is 30.2. The third-order valence-electron chi connectivity index (χ3n) is 10.4. The molecule has 0 heterocycles. The SMILES string of the molecule is [2H]C([2H])([2H])N(c1ccc([C@H]2C[C@@]3(C)[C@@](C)(CC[C@@]3(O)C#CCO)[C@]3(C)CCC4=CC(=O)CCC4=C23)cc1)C([2H])([2H])[2H]. The van der Waals surface area contributed by atoms with Crippen molar-refractivity contribution in [3.63, 3.8) is 0 Å². The molecular weight excluding hydrogens is 434 g/mol. The van der Waals surface area contributed by atoms with Crippen LogP contribution in [0.1, 0.15) is 85.4 Å². The van der Waals surface area contributed by atoms with E-state index >= 15 is 0 Å². The van der Waals surface area contributed by atoms with Crippen LogP contribution in [0.15, 0.2) is 47.1 Å². The first-order valence-corrected chi connectivity index (χ1v) is 12.6. The van der Waals surface area contributed by atoms with E-state index in [1.165, 1.54) is 11.1 Å². The summed E-state index contributed by atoms with van der Waals surface area (Å²) in [6.45, 7) is 0.633. The number of rotatable bonds is 2. The van der Waals surface area contributed by atoms with Crippen LogP contribution in [-0.2, 0) is 4.79 Å². The van der Waals surface area contributed by atoms with Crippen molar-refractivity contribution in [2.45, 2.75) is 77.2 Å². The molecule has 0 aromatic heterocycles. The van der Waals surface area contributed by atoms with Gasteiger partial charge in [0.25, 0.3) is 0 Å². The van der Waals surface area contributed by atoms with E-state index in [4.69, 9.17) is 8.22 Å². The van der Waals surface area contributed by atoms with Gasteiger partial charge in [-0.3, -0.25) is 4.79 Å². The number of carbonyl (C=O) groups is 1. The molecule has 2 fully saturated rings. The van der Waals surface area contributed by atoms with Crippen molar-refractivity contribution in [2.24, 2.45) is 16.2 Å². The quantitative estimate of drug-likeness (QED) is 0.575. The van der Waals surface area contributed by atoms with Crippen molar-refractivity contribution in [3.8, 4) is 11.8 Å². The molecule has 35 heavy (non-hydrogen) atoms. The first-order valence-electron chi connectivity index (χ1n) is 15.6. The summed E-state index contributed by atoms with van der Waals surface area (Å²) in [5, 5.41) is 21.6. The van der Waals surface area contributed by atoms with E-state index in [1.54, 1.807) is 18.2 Å². The second-order valence-corrected chi connectivity index (χ2v) is 11.5. The number of hydrogen-bond acceptors (Lipinski definition) is 4. The zero-order valence-corrected chi connectivity index (χ0v) is 20.9. The van der Waals surface area contributed by atoms with Gasteiger partial charge in [0, 0.05) is 45.6 Å². The van der Waals surface area contributed by atoms with E-state index < -0.39 is 25.0 Å². The minimum Gasteiger partial charge on any atom is -0.384 e. The summed E-state index contributed by atoms with van der Waals surface area (Å²) < 4.78 is 46.9. The van der Waals surface area contributed by atoms with Crippen LogP contribution in [-0.4, -0.2) is 42.2 Å². The highest BCUT2D eigenvalue weighted by Crippen LogP contribution is 2.77. The highest BCUT2D eigenvalue weighted by Gasteiger charge is 2.72. The van der Waals surface area contributed by atoms with Crippen molar-refractivity contribution in [2.75, 3.05) is 25.5 Å². The molecule has 5 rings (SSSR count). The lowest BCUT2D eigenvalue weighted by molar-refractivity contribution is -0.126. The van der Waals surface area contributed by atoms with Crippen LogP contribution >= 0.6 is 0 Å². The fourth-order valence-corrected chi connectivity index (χ4v) is 8.07. The van der Waals surface area contributed by atoms with E-state index in [0.29, 0.717) is 30.6 Å². The van der Waals surface area contributed by atoms with Crippen LogP contribution in [0.4, 0.5) is 5.69 Å². The lowest BCUT2D eigenvalue weighted by atomic mass is 9.39. The van der Waals surface area contributed by atoms with Crippen molar-refractivity contribution in [1.82, 2.24) is 0 Å². The zero-order valence-electron chi connectivity index (χ0n) is 26.9. The Labute approximate surface area is 218 Å². The molecule has 4 nitrogen and oxygen atoms in total. The number of aliphatic hydroxyl groups is 2. The van der Waals surface area contributed by atoms with E-state index in [9.17, 15) is 15.0 Å². The maximum absolute atomic E-state index is 12.4. The molecule has 0 saturated heterocycles. The van der Waals surface area contributed by atoms with E-state index in [0.717, 1.165) is 30.4 Å². The number of hydrogen-bond donors (Lipinski definition) is 2. The average Bonchev–Trinajstić information content (AvgIpc) is 3.08. The van der Waals surface area contributed by atoms with Crippen LogP contribution in [0.3, 0.4) is 0 Å². The van der Waals surface area contributed by atoms with Gasteiger partial charge < -0.3 is 15.1 Å². The van der Waals surface area contributed by atoms with Gasteiger partial charge >= 0.3 is 0 Å². The lowest BCUT2D eigenvalue weighted by Gasteiger charge is -2.64. The number of anilines is 1. The predicted molar refractivity (Wildman–Crippen MR) is 140 cm³/mol. The summed E-state index contributed by atoms with van der Waals surface area (Å²) in [5.74, 6) is 5.74. The number of allylic oxidation sites excluding steroid dienone is 4. The van der Waals surface area contributed by atoms with Gasteiger partial charge in [-0.1, -0.05) is 50.3 Å². The summed E-state index contributed by atoms with van der Waals surface area (Å²) in [6.07, 6.45) is 6.34. The molecule has 1 aromatic carbocycles. The maximum Gasteiger partial charge on any atom is 0.156 e. The largest absolute Gasteiger partial charge is 0.384 e. The molecule has 186 valence electrons. The molecule has 4 aliphatic carbocycles. The predicted octanol–water partition coefficient (Wildman–Crippen LogP) is 5.16. The van der Waals surface area contributed by atoms with Gasteiger partial charge in [0.15, 0.2) is 5.78 Å². The van der Waals surface area contributed by atoms with Crippen molar-refractivity contribution in [1.29, 1.82) is 0 Å². The standard InChI is InChI=1S/C31H39NO3/c1-28-15-13-22-19-24(34)11-12-25(22)27(28)26(21-7-9-23(10-8-21)32(4)5)20-30(3)29(28,2)16-17-31(30,35)14-6-18-33/h7-10,19,26,33,35H,11-13,15-18,20H2,1-5H3/t26-,28-,29+,30+,31+/m1/s1/i4D3,5D3. The highest BCUT2D eigenvalue weighted by molar-refractivity contribution is 5.93. The molecule has 4 aliphatic rings. The fraction of sp³-hybridized carbons (Fsp3) is 0.581. The Morgan fingerprint density at radius 2 is 1.80 bits per heavy atom. The number of ketones is 1. The summed E-state index contributed by atoms with van der Waals surface area (Å²) in [7, 11) is 0. The summed E-state index contributed by atoms with van der Waals surface area (Å²) in [5.41, 5.74) is 2.00. The molecular formula is C31H39NO3. The van der Waals surface area contributed by atoms with E-state index in [1.807, 2.05) is 12.1 Å².